The number of carbonyl (C=O) groups is 1. The molecule has 1 aromatic rings. The third-order valence-electron chi connectivity index (χ3n) is 2.56. The number of hydrogen-bond donors (Lipinski definition) is 2. The molecule has 6 nitrogen and oxygen atoms in total. The SMILES string of the molecule is CNC(=O)C(C)CN(C)c1ncncc1C(N)=S. The Kier molecular flexibility index (Phi) is 4.96. The van der Waals surface area contributed by atoms with Gasteiger partial charge in [-0.05, 0) is 0 Å². The number of carbonyl (C=O) groups excluding carboxylic acids is 1. The summed E-state index contributed by atoms with van der Waals surface area (Å²) in [6.45, 7) is 2.36. The minimum Gasteiger partial charge on any atom is -0.389 e. The van der Waals surface area contributed by atoms with Gasteiger partial charge in [0.2, 0.25) is 5.91 Å². The smallest absolute Gasteiger partial charge is 0.224 e. The van der Waals surface area contributed by atoms with Gasteiger partial charge in [-0.1, -0.05) is 19.1 Å². The number of thiocarbonyl (C=S) groups is 1. The van der Waals surface area contributed by atoms with Crippen LogP contribution in [0.15, 0.2) is 12.5 Å². The van der Waals surface area contributed by atoms with Crippen molar-refractivity contribution in [2.24, 2.45) is 11.7 Å². The molecule has 0 aliphatic heterocycles. The Morgan fingerprint density at radius 1 is 1.67 bits per heavy atom. The van der Waals surface area contributed by atoms with Crippen LogP contribution in [0, 0.1) is 5.92 Å². The lowest BCUT2D eigenvalue weighted by Crippen LogP contribution is -2.35. The van der Waals surface area contributed by atoms with E-state index in [1.165, 1.54) is 6.33 Å². The molecule has 18 heavy (non-hydrogen) atoms. The van der Waals surface area contributed by atoms with Crippen LogP contribution < -0.4 is 16.0 Å². The molecule has 1 aromatic heterocycles. The van der Waals surface area contributed by atoms with Crippen LogP contribution in [0.2, 0.25) is 0 Å². The third kappa shape index (κ3) is 3.36. The third-order valence-corrected chi connectivity index (χ3v) is 2.78. The Morgan fingerprint density at radius 2 is 2.33 bits per heavy atom. The van der Waals surface area contributed by atoms with E-state index in [0.717, 1.165) is 0 Å². The van der Waals surface area contributed by atoms with Crippen LogP contribution in [0.1, 0.15) is 12.5 Å². The summed E-state index contributed by atoms with van der Waals surface area (Å²) >= 11 is 4.95. The van der Waals surface area contributed by atoms with Crippen molar-refractivity contribution < 1.29 is 4.79 Å². The highest BCUT2D eigenvalue weighted by Crippen LogP contribution is 2.15. The highest BCUT2D eigenvalue weighted by atomic mass is 32.1. The molecule has 0 aliphatic rings. The van der Waals surface area contributed by atoms with E-state index in [-0.39, 0.29) is 16.8 Å². The molecule has 0 saturated heterocycles. The standard InChI is InChI=1S/C11H17N5OS/c1-7(11(17)13-2)5-16(3)10-8(9(12)18)4-14-6-15-10/h4,6-7H,5H2,1-3H3,(H2,12,18)(H,13,17). The second kappa shape index (κ2) is 6.25. The Labute approximate surface area is 112 Å². The molecule has 1 heterocycles. The Morgan fingerprint density at radius 3 is 2.89 bits per heavy atom. The Balaban J connectivity index is 2.87. The van der Waals surface area contributed by atoms with E-state index in [1.807, 2.05) is 18.9 Å². The molecule has 0 fully saturated rings. The average Bonchev–Trinajstić information content (AvgIpc) is 2.37. The van der Waals surface area contributed by atoms with Crippen molar-refractivity contribution in [3.05, 3.63) is 18.1 Å². The summed E-state index contributed by atoms with van der Waals surface area (Å²) in [4.78, 5) is 21.6. The second-order valence-electron chi connectivity index (χ2n) is 4.02. The summed E-state index contributed by atoms with van der Waals surface area (Å²) in [6, 6.07) is 0. The van der Waals surface area contributed by atoms with E-state index < -0.39 is 0 Å². The summed E-state index contributed by atoms with van der Waals surface area (Å²) < 4.78 is 0. The fourth-order valence-electron chi connectivity index (χ4n) is 1.63. The number of hydrogen-bond acceptors (Lipinski definition) is 5. The maximum atomic E-state index is 11.5. The van der Waals surface area contributed by atoms with Crippen LogP contribution >= 0.6 is 12.2 Å². The van der Waals surface area contributed by atoms with Gasteiger partial charge in [0.25, 0.3) is 0 Å². The van der Waals surface area contributed by atoms with Gasteiger partial charge in [-0.25, -0.2) is 9.97 Å². The topological polar surface area (TPSA) is 84.1 Å². The number of nitrogens with two attached hydrogens (primary N) is 1. The molecule has 3 N–H and O–H groups in total. The van der Waals surface area contributed by atoms with Crippen LogP contribution in [-0.2, 0) is 4.79 Å². The van der Waals surface area contributed by atoms with Crippen LogP contribution in [0.25, 0.3) is 0 Å². The van der Waals surface area contributed by atoms with Crippen molar-refractivity contribution in [2.75, 3.05) is 25.5 Å². The lowest BCUT2D eigenvalue weighted by atomic mass is 10.1. The Hall–Kier alpha value is -1.76. The monoisotopic (exact) mass is 267 g/mol. The van der Waals surface area contributed by atoms with Crippen molar-refractivity contribution in [3.63, 3.8) is 0 Å². The molecule has 1 atom stereocenters. The Bertz CT molecular complexity index is 451. The summed E-state index contributed by atoms with van der Waals surface area (Å²) in [7, 11) is 3.45. The predicted octanol–water partition coefficient (Wildman–Crippen LogP) is -0.0709. The normalized spacial score (nSPS) is 11.7. The van der Waals surface area contributed by atoms with Crippen molar-refractivity contribution in [1.82, 2.24) is 15.3 Å². The maximum absolute atomic E-state index is 11.5. The molecule has 0 aromatic carbocycles. The fraction of sp³-hybridized carbons (Fsp3) is 0.455. The van der Waals surface area contributed by atoms with E-state index in [9.17, 15) is 4.79 Å². The van der Waals surface area contributed by atoms with Gasteiger partial charge in [-0.2, -0.15) is 0 Å². The maximum Gasteiger partial charge on any atom is 0.224 e. The van der Waals surface area contributed by atoms with Crippen molar-refractivity contribution >= 4 is 28.9 Å². The lowest BCUT2D eigenvalue weighted by molar-refractivity contribution is -0.123. The first kappa shape index (κ1) is 14.3. The summed E-state index contributed by atoms with van der Waals surface area (Å²) in [6.07, 6.45) is 3.00. The quantitative estimate of drug-likeness (QED) is 0.727. The van der Waals surface area contributed by atoms with Crippen LogP contribution in [0.4, 0.5) is 5.82 Å². The molecular formula is C11H17N5OS. The summed E-state index contributed by atoms with van der Waals surface area (Å²) in [5.41, 5.74) is 6.22. The van der Waals surface area contributed by atoms with E-state index in [0.29, 0.717) is 17.9 Å². The summed E-state index contributed by atoms with van der Waals surface area (Å²) in [5, 5.41) is 2.61. The van der Waals surface area contributed by atoms with E-state index >= 15 is 0 Å². The highest BCUT2D eigenvalue weighted by Gasteiger charge is 2.17. The van der Waals surface area contributed by atoms with Gasteiger partial charge in [0.15, 0.2) is 0 Å². The molecule has 1 rings (SSSR count). The van der Waals surface area contributed by atoms with Crippen molar-refractivity contribution in [3.8, 4) is 0 Å². The van der Waals surface area contributed by atoms with Crippen LogP contribution in [0.3, 0.4) is 0 Å². The molecular weight excluding hydrogens is 250 g/mol. The molecule has 1 amide bonds. The zero-order valence-corrected chi connectivity index (χ0v) is 11.5. The zero-order valence-electron chi connectivity index (χ0n) is 10.7. The van der Waals surface area contributed by atoms with Gasteiger partial charge in [-0.3, -0.25) is 4.79 Å². The van der Waals surface area contributed by atoms with Crippen molar-refractivity contribution in [2.45, 2.75) is 6.92 Å². The first-order chi connectivity index (χ1) is 8.47. The molecule has 0 aliphatic carbocycles. The average molecular weight is 267 g/mol. The molecule has 7 heteroatoms. The van der Waals surface area contributed by atoms with Crippen molar-refractivity contribution in [1.29, 1.82) is 0 Å². The molecule has 0 bridgehead atoms. The number of anilines is 1. The van der Waals surface area contributed by atoms with E-state index in [2.05, 4.69) is 15.3 Å². The van der Waals surface area contributed by atoms with Crippen LogP contribution in [0.5, 0.6) is 0 Å². The molecule has 0 saturated carbocycles. The molecule has 1 unspecified atom stereocenters. The number of aromatic nitrogens is 2. The number of rotatable bonds is 5. The molecule has 0 spiro atoms. The largest absolute Gasteiger partial charge is 0.389 e. The number of nitrogens with zero attached hydrogens (tertiary/aromatic N) is 3. The lowest BCUT2D eigenvalue weighted by Gasteiger charge is -2.23. The first-order valence-electron chi connectivity index (χ1n) is 5.50. The number of nitrogens with one attached hydrogen (secondary N) is 1. The minimum absolute atomic E-state index is 0.0206. The first-order valence-corrected chi connectivity index (χ1v) is 5.90. The van der Waals surface area contributed by atoms with E-state index in [4.69, 9.17) is 18.0 Å². The molecule has 98 valence electrons. The van der Waals surface area contributed by atoms with Gasteiger partial charge < -0.3 is 16.0 Å². The van der Waals surface area contributed by atoms with Crippen LogP contribution in [-0.4, -0.2) is 41.5 Å². The summed E-state index contributed by atoms with van der Waals surface area (Å²) in [5.74, 6) is 0.454. The van der Waals surface area contributed by atoms with Gasteiger partial charge in [0.1, 0.15) is 17.1 Å². The minimum atomic E-state index is -0.158. The van der Waals surface area contributed by atoms with Gasteiger partial charge in [0, 0.05) is 26.8 Å². The second-order valence-corrected chi connectivity index (χ2v) is 4.46. The predicted molar refractivity (Wildman–Crippen MR) is 74.4 cm³/mol. The number of amides is 1. The molecule has 0 radical (unpaired) electrons. The van der Waals surface area contributed by atoms with Gasteiger partial charge >= 0.3 is 0 Å². The van der Waals surface area contributed by atoms with Gasteiger partial charge in [-0.15, -0.1) is 0 Å². The fourth-order valence-corrected chi connectivity index (χ4v) is 1.77. The van der Waals surface area contributed by atoms with E-state index in [1.54, 1.807) is 13.2 Å². The highest BCUT2D eigenvalue weighted by molar-refractivity contribution is 7.80. The van der Waals surface area contributed by atoms with Gasteiger partial charge in [0.05, 0.1) is 11.5 Å². The zero-order chi connectivity index (χ0) is 13.7.